The van der Waals surface area contributed by atoms with Gasteiger partial charge in [0.05, 0.1) is 17.9 Å². The van der Waals surface area contributed by atoms with Gasteiger partial charge < -0.3 is 5.73 Å². The fraction of sp³-hybridized carbons (Fsp3) is 0.227. The van der Waals surface area contributed by atoms with Crippen molar-refractivity contribution in [2.24, 2.45) is 10.8 Å². The molecule has 7 nitrogen and oxygen atoms in total. The van der Waals surface area contributed by atoms with Gasteiger partial charge in [-0.2, -0.15) is 5.10 Å². The number of hydrogen-bond acceptors (Lipinski definition) is 7. The van der Waals surface area contributed by atoms with Crippen LogP contribution in [0.2, 0.25) is 0 Å². The Morgan fingerprint density at radius 1 is 1.13 bits per heavy atom. The van der Waals surface area contributed by atoms with E-state index in [1.807, 2.05) is 57.3 Å². The van der Waals surface area contributed by atoms with Crippen LogP contribution < -0.4 is 5.73 Å². The smallest absolute Gasteiger partial charge is 0.252 e. The highest BCUT2D eigenvalue weighted by Crippen LogP contribution is 2.31. The zero-order chi connectivity index (χ0) is 21.3. The highest BCUT2D eigenvalue weighted by Gasteiger charge is 2.33. The maximum absolute atomic E-state index is 12.0. The average Bonchev–Trinajstić information content (AvgIpc) is 3.12. The fourth-order valence-corrected chi connectivity index (χ4v) is 4.32. The molecule has 4 rings (SSSR count). The highest BCUT2D eigenvalue weighted by molar-refractivity contribution is 8.15. The van der Waals surface area contributed by atoms with Gasteiger partial charge in [0.2, 0.25) is 0 Å². The minimum atomic E-state index is -0.579. The van der Waals surface area contributed by atoms with Gasteiger partial charge in [0.25, 0.3) is 5.91 Å². The lowest BCUT2D eigenvalue weighted by Crippen LogP contribution is -2.36. The normalized spacial score (nSPS) is 15.9. The molecule has 0 fully saturated rings. The third kappa shape index (κ3) is 4.18. The Labute approximate surface area is 179 Å². The molecule has 4 heterocycles. The Balaban J connectivity index is 1.60. The minimum absolute atomic E-state index is 0.430. The summed E-state index contributed by atoms with van der Waals surface area (Å²) in [6.45, 7) is 6.34. The molecule has 1 amide bonds. The van der Waals surface area contributed by atoms with E-state index in [9.17, 15) is 4.79 Å². The van der Waals surface area contributed by atoms with E-state index in [1.54, 1.807) is 11.2 Å². The Morgan fingerprint density at radius 3 is 2.67 bits per heavy atom. The number of nitrogens with two attached hydrogens (primary N) is 1. The van der Waals surface area contributed by atoms with Crippen molar-refractivity contribution in [2.45, 2.75) is 32.7 Å². The first-order valence-corrected chi connectivity index (χ1v) is 10.4. The van der Waals surface area contributed by atoms with Crippen molar-refractivity contribution in [2.75, 3.05) is 0 Å². The second kappa shape index (κ2) is 8.23. The van der Waals surface area contributed by atoms with Gasteiger partial charge in [-0.1, -0.05) is 23.9 Å². The van der Waals surface area contributed by atoms with Crippen LogP contribution in [0.15, 0.2) is 53.9 Å². The van der Waals surface area contributed by atoms with Gasteiger partial charge in [-0.15, -0.1) is 0 Å². The molecule has 0 saturated heterocycles. The third-order valence-corrected chi connectivity index (χ3v) is 5.93. The number of hydrogen-bond donors (Lipinski definition) is 1. The summed E-state index contributed by atoms with van der Waals surface area (Å²) in [5.74, 6) is -0.431. The van der Waals surface area contributed by atoms with Crippen molar-refractivity contribution >= 4 is 22.7 Å². The van der Waals surface area contributed by atoms with Crippen molar-refractivity contribution in [3.05, 3.63) is 77.0 Å². The van der Waals surface area contributed by atoms with Crippen LogP contribution in [0.5, 0.6) is 0 Å². The maximum atomic E-state index is 12.0. The van der Waals surface area contributed by atoms with Gasteiger partial charge in [0.15, 0.2) is 5.37 Å². The molecule has 0 bridgehead atoms. The number of aromatic nitrogens is 3. The number of amides is 1. The summed E-state index contributed by atoms with van der Waals surface area (Å²) < 4.78 is 0. The summed E-state index contributed by atoms with van der Waals surface area (Å²) in [4.78, 5) is 25.4. The topological polar surface area (TPSA) is 97.4 Å². The summed E-state index contributed by atoms with van der Waals surface area (Å²) in [5.41, 5.74) is 12.2. The molecular weight excluding hydrogens is 396 g/mol. The molecule has 152 valence electrons. The molecule has 3 aromatic rings. The summed E-state index contributed by atoms with van der Waals surface area (Å²) >= 11 is 1.33. The number of hydrazone groups is 1. The van der Waals surface area contributed by atoms with Crippen LogP contribution in [0.4, 0.5) is 0 Å². The van der Waals surface area contributed by atoms with Crippen LogP contribution >= 0.6 is 11.8 Å². The zero-order valence-electron chi connectivity index (χ0n) is 17.0. The molecule has 1 aliphatic heterocycles. The molecule has 0 aromatic carbocycles. The molecule has 30 heavy (non-hydrogen) atoms. The molecular formula is C22H22N6OS. The second-order valence-electron chi connectivity index (χ2n) is 7.23. The molecule has 0 radical (unpaired) electrons. The van der Waals surface area contributed by atoms with Crippen molar-refractivity contribution in [1.29, 1.82) is 0 Å². The Morgan fingerprint density at radius 2 is 1.97 bits per heavy atom. The van der Waals surface area contributed by atoms with Gasteiger partial charge in [-0.3, -0.25) is 24.8 Å². The summed E-state index contributed by atoms with van der Waals surface area (Å²) in [6.07, 6.45) is 3.60. The van der Waals surface area contributed by atoms with Gasteiger partial charge in [-0.25, -0.2) is 0 Å². The van der Waals surface area contributed by atoms with E-state index in [0.29, 0.717) is 11.6 Å². The number of primary amides is 1. The number of aryl methyl sites for hydroxylation is 3. The number of pyridine rings is 3. The second-order valence-corrected chi connectivity index (χ2v) is 8.30. The van der Waals surface area contributed by atoms with Crippen LogP contribution in [0.3, 0.4) is 0 Å². The average molecular weight is 419 g/mol. The molecule has 8 heteroatoms. The van der Waals surface area contributed by atoms with Crippen molar-refractivity contribution < 1.29 is 4.79 Å². The minimum Gasteiger partial charge on any atom is -0.367 e. The summed E-state index contributed by atoms with van der Waals surface area (Å²) in [5, 5.41) is 6.45. The van der Waals surface area contributed by atoms with Crippen molar-refractivity contribution in [3.8, 4) is 11.3 Å². The first-order valence-electron chi connectivity index (χ1n) is 9.54. The molecule has 2 N–H and O–H groups in total. The number of carbonyl (C=O) groups is 1. The first-order chi connectivity index (χ1) is 14.4. The lowest BCUT2D eigenvalue weighted by atomic mass is 10.1. The van der Waals surface area contributed by atoms with E-state index < -0.39 is 11.3 Å². The Bertz CT molecular complexity index is 1150. The van der Waals surface area contributed by atoms with E-state index in [0.717, 1.165) is 39.5 Å². The zero-order valence-corrected chi connectivity index (χ0v) is 17.8. The Hall–Kier alpha value is -3.26. The van der Waals surface area contributed by atoms with E-state index in [4.69, 9.17) is 5.73 Å². The van der Waals surface area contributed by atoms with Crippen molar-refractivity contribution in [1.82, 2.24) is 20.0 Å². The van der Waals surface area contributed by atoms with Crippen LogP contribution in [-0.4, -0.2) is 36.3 Å². The molecule has 1 aliphatic rings. The van der Waals surface area contributed by atoms with E-state index in [2.05, 4.69) is 26.1 Å². The van der Waals surface area contributed by atoms with Crippen LogP contribution in [0.1, 0.15) is 28.2 Å². The van der Waals surface area contributed by atoms with Crippen LogP contribution in [0, 0.1) is 20.8 Å². The predicted octanol–water partition coefficient (Wildman–Crippen LogP) is 3.19. The summed E-state index contributed by atoms with van der Waals surface area (Å²) in [7, 11) is 0. The van der Waals surface area contributed by atoms with E-state index >= 15 is 0 Å². The van der Waals surface area contributed by atoms with E-state index in [-0.39, 0.29) is 0 Å². The predicted molar refractivity (Wildman–Crippen MR) is 119 cm³/mol. The monoisotopic (exact) mass is 418 g/mol. The quantitative estimate of drug-likeness (QED) is 0.683. The van der Waals surface area contributed by atoms with Crippen LogP contribution in [-0.2, 0) is 11.3 Å². The van der Waals surface area contributed by atoms with Gasteiger partial charge in [0.1, 0.15) is 5.04 Å². The summed E-state index contributed by atoms with van der Waals surface area (Å²) in [6, 6.07) is 11.8. The standard InChI is InChI=1S/C22H22N6OS/c1-13-9-16(11-25-19(13)17-7-8-24-15(3)10-17)12-28-22(20(23)29)30-21(27-28)18-6-4-5-14(2)26-18/h4-11,22H,12H2,1-3H3,(H2,23,29). The number of carbonyl (C=O) groups excluding carboxylic acids is 1. The SMILES string of the molecule is Cc1cc(-c2ncc(CN3N=C(c4cccc(C)n4)SC3C(N)=O)cc2C)ccn1. The molecule has 1 atom stereocenters. The molecule has 0 spiro atoms. The largest absolute Gasteiger partial charge is 0.367 e. The highest BCUT2D eigenvalue weighted by atomic mass is 32.2. The maximum Gasteiger partial charge on any atom is 0.252 e. The number of rotatable bonds is 5. The van der Waals surface area contributed by atoms with Crippen molar-refractivity contribution in [3.63, 3.8) is 0 Å². The lowest BCUT2D eigenvalue weighted by Gasteiger charge is -2.20. The third-order valence-electron chi connectivity index (χ3n) is 4.71. The molecule has 0 aliphatic carbocycles. The fourth-order valence-electron chi connectivity index (χ4n) is 3.36. The van der Waals surface area contributed by atoms with Gasteiger partial charge >= 0.3 is 0 Å². The van der Waals surface area contributed by atoms with Gasteiger partial charge in [-0.05, 0) is 56.2 Å². The van der Waals surface area contributed by atoms with Gasteiger partial charge in [0, 0.05) is 29.3 Å². The van der Waals surface area contributed by atoms with E-state index in [1.165, 1.54) is 11.8 Å². The molecule has 3 aromatic heterocycles. The number of nitrogens with zero attached hydrogens (tertiary/aromatic N) is 5. The lowest BCUT2D eigenvalue weighted by molar-refractivity contribution is -0.120. The Kier molecular flexibility index (Phi) is 5.50. The van der Waals surface area contributed by atoms with Crippen LogP contribution in [0.25, 0.3) is 11.3 Å². The number of thioether (sulfide) groups is 1. The first kappa shape index (κ1) is 20.0. The molecule has 0 saturated carbocycles. The molecule has 1 unspecified atom stereocenters.